The molecule has 6 nitrogen and oxygen atoms in total. The Labute approximate surface area is 179 Å². The fourth-order valence-corrected chi connectivity index (χ4v) is 3.76. The number of aliphatic hydroxyl groups excluding tert-OH is 1. The van der Waals surface area contributed by atoms with Crippen LogP contribution < -0.4 is 9.47 Å². The molecule has 1 aromatic heterocycles. The first-order chi connectivity index (χ1) is 14.7. The maximum Gasteiger partial charge on any atom is 0.119 e. The standard InChI is InChI=1S/C23H19N3O3S/c1-28-19-6-2-16(3-7-19)15-30-23-21(13-25)22(18(12-24)14-26-23)17-4-8-20(9-5-17)29-11-10-27/h2-9,14,27H,10-11,15H2,1H3. The molecule has 0 aliphatic heterocycles. The lowest BCUT2D eigenvalue weighted by Crippen LogP contribution is -2.01. The molecule has 30 heavy (non-hydrogen) atoms. The van der Waals surface area contributed by atoms with Crippen LogP contribution in [0, 0.1) is 22.7 Å². The molecule has 1 heterocycles. The van der Waals surface area contributed by atoms with Crippen LogP contribution >= 0.6 is 11.8 Å². The zero-order valence-corrected chi connectivity index (χ0v) is 17.1. The van der Waals surface area contributed by atoms with Crippen LogP contribution in [-0.4, -0.2) is 30.4 Å². The van der Waals surface area contributed by atoms with Crippen LogP contribution in [0.15, 0.2) is 59.8 Å². The molecule has 0 saturated heterocycles. The molecular formula is C23H19N3O3S. The third kappa shape index (κ3) is 4.90. The Morgan fingerprint density at radius 2 is 1.70 bits per heavy atom. The first-order valence-corrected chi connectivity index (χ1v) is 10.1. The minimum Gasteiger partial charge on any atom is -0.497 e. The van der Waals surface area contributed by atoms with Gasteiger partial charge in [0.05, 0.1) is 24.8 Å². The summed E-state index contributed by atoms with van der Waals surface area (Å²) < 4.78 is 10.6. The van der Waals surface area contributed by atoms with Crippen LogP contribution in [0.2, 0.25) is 0 Å². The van der Waals surface area contributed by atoms with E-state index in [1.807, 2.05) is 24.3 Å². The Balaban J connectivity index is 1.91. The van der Waals surface area contributed by atoms with Gasteiger partial charge in [0.15, 0.2) is 0 Å². The van der Waals surface area contributed by atoms with Gasteiger partial charge in [-0.15, -0.1) is 11.8 Å². The maximum atomic E-state index is 9.84. The number of hydrogen-bond donors (Lipinski definition) is 1. The smallest absolute Gasteiger partial charge is 0.119 e. The van der Waals surface area contributed by atoms with Gasteiger partial charge in [-0.05, 0) is 35.4 Å². The zero-order chi connectivity index (χ0) is 21.3. The first kappa shape index (κ1) is 21.2. The van der Waals surface area contributed by atoms with Crippen molar-refractivity contribution in [2.24, 2.45) is 0 Å². The summed E-state index contributed by atoms with van der Waals surface area (Å²) in [5.41, 5.74) is 3.07. The van der Waals surface area contributed by atoms with Gasteiger partial charge in [0, 0.05) is 17.5 Å². The van der Waals surface area contributed by atoms with E-state index >= 15 is 0 Å². The Hall–Kier alpha value is -3.52. The molecule has 0 unspecified atom stereocenters. The van der Waals surface area contributed by atoms with Gasteiger partial charge in [0.25, 0.3) is 0 Å². The summed E-state index contributed by atoms with van der Waals surface area (Å²) in [6, 6.07) is 19.1. The summed E-state index contributed by atoms with van der Waals surface area (Å²) in [7, 11) is 1.62. The van der Waals surface area contributed by atoms with E-state index < -0.39 is 0 Å². The molecule has 0 bridgehead atoms. The Kier molecular flexibility index (Phi) is 7.29. The van der Waals surface area contributed by atoms with Crippen LogP contribution in [-0.2, 0) is 5.75 Å². The minimum atomic E-state index is -0.0714. The number of methoxy groups -OCH3 is 1. The Morgan fingerprint density at radius 3 is 2.30 bits per heavy atom. The molecule has 0 aliphatic carbocycles. The second-order valence-electron chi connectivity index (χ2n) is 6.18. The number of aromatic nitrogens is 1. The minimum absolute atomic E-state index is 0.0714. The molecule has 3 aromatic rings. The molecular weight excluding hydrogens is 398 g/mol. The van der Waals surface area contributed by atoms with Crippen molar-refractivity contribution in [3.63, 3.8) is 0 Å². The highest BCUT2D eigenvalue weighted by molar-refractivity contribution is 7.98. The van der Waals surface area contributed by atoms with Crippen molar-refractivity contribution >= 4 is 11.8 Å². The van der Waals surface area contributed by atoms with E-state index in [-0.39, 0.29) is 13.2 Å². The maximum absolute atomic E-state index is 9.84. The number of benzene rings is 2. The number of aliphatic hydroxyl groups is 1. The fraction of sp³-hybridized carbons (Fsp3) is 0.174. The van der Waals surface area contributed by atoms with E-state index in [1.54, 1.807) is 31.4 Å². The van der Waals surface area contributed by atoms with E-state index in [2.05, 4.69) is 17.1 Å². The fourth-order valence-electron chi connectivity index (χ4n) is 2.85. The van der Waals surface area contributed by atoms with Crippen LogP contribution in [0.4, 0.5) is 0 Å². The second-order valence-corrected chi connectivity index (χ2v) is 7.15. The van der Waals surface area contributed by atoms with Crippen molar-refractivity contribution in [1.29, 1.82) is 10.5 Å². The SMILES string of the molecule is COc1ccc(CSc2ncc(C#N)c(-c3ccc(OCCO)cc3)c2C#N)cc1. The number of nitriles is 2. The summed E-state index contributed by atoms with van der Waals surface area (Å²) in [4.78, 5) is 4.35. The summed E-state index contributed by atoms with van der Waals surface area (Å²) in [6.45, 7) is 0.131. The second kappa shape index (κ2) is 10.3. The van der Waals surface area contributed by atoms with Gasteiger partial charge in [-0.3, -0.25) is 0 Å². The summed E-state index contributed by atoms with van der Waals surface area (Å²) in [5.74, 6) is 2.02. The van der Waals surface area contributed by atoms with Gasteiger partial charge in [0.2, 0.25) is 0 Å². The molecule has 1 N–H and O–H groups in total. The third-order valence-electron chi connectivity index (χ3n) is 4.31. The third-order valence-corrected chi connectivity index (χ3v) is 5.37. The Morgan fingerprint density at radius 1 is 1.00 bits per heavy atom. The van der Waals surface area contributed by atoms with E-state index in [4.69, 9.17) is 14.6 Å². The van der Waals surface area contributed by atoms with Gasteiger partial charge in [-0.25, -0.2) is 4.98 Å². The lowest BCUT2D eigenvalue weighted by molar-refractivity contribution is 0.201. The van der Waals surface area contributed by atoms with Crippen molar-refractivity contribution in [3.05, 3.63) is 71.4 Å². The first-order valence-electron chi connectivity index (χ1n) is 9.13. The van der Waals surface area contributed by atoms with Crippen LogP contribution in [0.1, 0.15) is 16.7 Å². The molecule has 0 spiro atoms. The summed E-state index contributed by atoms with van der Waals surface area (Å²) in [6.07, 6.45) is 1.50. The van der Waals surface area contributed by atoms with Crippen molar-refractivity contribution in [2.75, 3.05) is 20.3 Å². The highest BCUT2D eigenvalue weighted by atomic mass is 32.2. The molecule has 2 aromatic carbocycles. The van der Waals surface area contributed by atoms with Crippen molar-refractivity contribution in [2.45, 2.75) is 10.8 Å². The van der Waals surface area contributed by atoms with Gasteiger partial charge in [-0.2, -0.15) is 10.5 Å². The lowest BCUT2D eigenvalue weighted by Gasteiger charge is -2.12. The summed E-state index contributed by atoms with van der Waals surface area (Å²) >= 11 is 1.44. The van der Waals surface area contributed by atoms with Crippen LogP contribution in [0.25, 0.3) is 11.1 Å². The van der Waals surface area contributed by atoms with E-state index in [1.165, 1.54) is 18.0 Å². The van der Waals surface area contributed by atoms with Gasteiger partial charge < -0.3 is 14.6 Å². The number of thioether (sulfide) groups is 1. The van der Waals surface area contributed by atoms with Crippen molar-refractivity contribution in [3.8, 4) is 34.8 Å². The zero-order valence-electron chi connectivity index (χ0n) is 16.3. The molecule has 3 rings (SSSR count). The highest BCUT2D eigenvalue weighted by Crippen LogP contribution is 2.34. The topological polar surface area (TPSA) is 99.2 Å². The van der Waals surface area contributed by atoms with Gasteiger partial charge >= 0.3 is 0 Å². The highest BCUT2D eigenvalue weighted by Gasteiger charge is 2.17. The number of nitrogens with zero attached hydrogens (tertiary/aromatic N) is 3. The monoisotopic (exact) mass is 417 g/mol. The number of pyridine rings is 1. The quantitative estimate of drug-likeness (QED) is 0.549. The van der Waals surface area contributed by atoms with E-state index in [0.717, 1.165) is 16.9 Å². The van der Waals surface area contributed by atoms with E-state index in [9.17, 15) is 10.5 Å². The van der Waals surface area contributed by atoms with Gasteiger partial charge in [-0.1, -0.05) is 24.3 Å². The molecule has 0 fully saturated rings. The molecule has 0 saturated carbocycles. The molecule has 0 radical (unpaired) electrons. The van der Waals surface area contributed by atoms with Crippen molar-refractivity contribution in [1.82, 2.24) is 4.98 Å². The van der Waals surface area contributed by atoms with Crippen LogP contribution in [0.5, 0.6) is 11.5 Å². The molecule has 0 aliphatic rings. The summed E-state index contributed by atoms with van der Waals surface area (Å²) in [5, 5.41) is 28.8. The lowest BCUT2D eigenvalue weighted by atomic mass is 9.98. The number of ether oxygens (including phenoxy) is 2. The Bertz CT molecular complexity index is 1080. The number of rotatable bonds is 8. The van der Waals surface area contributed by atoms with Gasteiger partial charge in [0.1, 0.15) is 35.3 Å². The van der Waals surface area contributed by atoms with E-state index in [0.29, 0.717) is 33.2 Å². The molecule has 150 valence electrons. The molecule has 7 heteroatoms. The average molecular weight is 417 g/mol. The average Bonchev–Trinajstić information content (AvgIpc) is 2.81. The number of hydrogen-bond acceptors (Lipinski definition) is 7. The van der Waals surface area contributed by atoms with Crippen LogP contribution in [0.3, 0.4) is 0 Å². The predicted molar refractivity (Wildman–Crippen MR) is 114 cm³/mol. The molecule has 0 amide bonds. The predicted octanol–water partition coefficient (Wildman–Crippen LogP) is 4.16. The molecule has 0 atom stereocenters. The normalized spacial score (nSPS) is 10.1. The largest absolute Gasteiger partial charge is 0.497 e. The van der Waals surface area contributed by atoms with Crippen molar-refractivity contribution < 1.29 is 14.6 Å².